The zero-order chi connectivity index (χ0) is 15.4. The van der Waals surface area contributed by atoms with Crippen LogP contribution in [0.2, 0.25) is 0 Å². The minimum atomic E-state index is -0.365. The Morgan fingerprint density at radius 1 is 1.38 bits per heavy atom. The van der Waals surface area contributed by atoms with E-state index in [0.717, 1.165) is 16.9 Å². The maximum atomic E-state index is 11.0. The van der Waals surface area contributed by atoms with Crippen LogP contribution in [-0.2, 0) is 6.54 Å². The predicted octanol–water partition coefficient (Wildman–Crippen LogP) is 3.23. The fourth-order valence-electron chi connectivity index (χ4n) is 2.10. The second-order valence-corrected chi connectivity index (χ2v) is 4.70. The Bertz CT molecular complexity index is 671. The van der Waals surface area contributed by atoms with Gasteiger partial charge in [-0.3, -0.25) is 15.1 Å². The Morgan fingerprint density at radius 2 is 2.14 bits per heavy atom. The second-order valence-electron chi connectivity index (χ2n) is 4.70. The summed E-state index contributed by atoms with van der Waals surface area (Å²) >= 11 is 0. The molecule has 2 rings (SSSR count). The number of benzene rings is 1. The highest BCUT2D eigenvalue weighted by molar-refractivity contribution is 5.57. The maximum absolute atomic E-state index is 11.0. The van der Waals surface area contributed by atoms with Crippen LogP contribution in [0.15, 0.2) is 30.5 Å². The van der Waals surface area contributed by atoms with Gasteiger partial charge in [0.1, 0.15) is 0 Å². The number of methoxy groups -OCH3 is 1. The molecule has 0 atom stereocenters. The lowest BCUT2D eigenvalue weighted by Gasteiger charge is -2.12. The molecule has 0 unspecified atom stereocenters. The minimum absolute atomic E-state index is 0.132. The normalized spacial score (nSPS) is 10.2. The molecule has 0 bridgehead atoms. The summed E-state index contributed by atoms with van der Waals surface area (Å²) < 4.78 is 5.25. The van der Waals surface area contributed by atoms with Gasteiger partial charge >= 0.3 is 0 Å². The maximum Gasteiger partial charge on any atom is 0.272 e. The Balaban J connectivity index is 2.23. The van der Waals surface area contributed by atoms with Gasteiger partial charge in [-0.2, -0.15) is 0 Å². The summed E-state index contributed by atoms with van der Waals surface area (Å²) in [5, 5.41) is 14.2. The number of hydrogen-bond acceptors (Lipinski definition) is 5. The molecule has 0 fully saturated rings. The van der Waals surface area contributed by atoms with Crippen molar-refractivity contribution >= 4 is 11.4 Å². The molecule has 1 aromatic heterocycles. The second kappa shape index (κ2) is 6.21. The van der Waals surface area contributed by atoms with E-state index in [4.69, 9.17) is 4.74 Å². The van der Waals surface area contributed by atoms with Crippen molar-refractivity contribution in [1.82, 2.24) is 4.98 Å². The van der Waals surface area contributed by atoms with Crippen LogP contribution in [-0.4, -0.2) is 17.0 Å². The SMILES string of the molecule is COc1cnc(C)cc1NCc1cccc([N+](=O)[O-])c1C. The van der Waals surface area contributed by atoms with Crippen molar-refractivity contribution in [1.29, 1.82) is 0 Å². The summed E-state index contributed by atoms with van der Waals surface area (Å²) in [5.41, 5.74) is 3.36. The number of hydrogen-bond donors (Lipinski definition) is 1. The highest BCUT2D eigenvalue weighted by Crippen LogP contribution is 2.26. The smallest absolute Gasteiger partial charge is 0.272 e. The summed E-state index contributed by atoms with van der Waals surface area (Å²) in [4.78, 5) is 14.8. The van der Waals surface area contributed by atoms with Crippen molar-refractivity contribution in [3.05, 3.63) is 57.4 Å². The average Bonchev–Trinajstić information content (AvgIpc) is 2.46. The Morgan fingerprint density at radius 3 is 2.81 bits per heavy atom. The van der Waals surface area contributed by atoms with Crippen LogP contribution in [0.3, 0.4) is 0 Å². The molecule has 0 saturated carbocycles. The molecule has 21 heavy (non-hydrogen) atoms. The zero-order valence-corrected chi connectivity index (χ0v) is 12.2. The van der Waals surface area contributed by atoms with Crippen LogP contribution < -0.4 is 10.1 Å². The number of ether oxygens (including phenoxy) is 1. The first kappa shape index (κ1) is 14.8. The number of pyridine rings is 1. The van der Waals surface area contributed by atoms with Gasteiger partial charge in [-0.1, -0.05) is 12.1 Å². The highest BCUT2D eigenvalue weighted by atomic mass is 16.6. The number of aromatic nitrogens is 1. The molecule has 1 heterocycles. The zero-order valence-electron chi connectivity index (χ0n) is 12.2. The van der Waals surface area contributed by atoms with E-state index in [1.54, 1.807) is 26.3 Å². The van der Waals surface area contributed by atoms with Crippen LogP contribution in [0.4, 0.5) is 11.4 Å². The third-order valence-electron chi connectivity index (χ3n) is 3.31. The summed E-state index contributed by atoms with van der Waals surface area (Å²) in [6.45, 7) is 4.13. The number of nitro groups is 1. The van der Waals surface area contributed by atoms with Gasteiger partial charge in [-0.25, -0.2) is 0 Å². The van der Waals surface area contributed by atoms with Crippen molar-refractivity contribution < 1.29 is 9.66 Å². The molecule has 110 valence electrons. The molecule has 0 radical (unpaired) electrons. The van der Waals surface area contributed by atoms with E-state index in [2.05, 4.69) is 10.3 Å². The topological polar surface area (TPSA) is 77.3 Å². The summed E-state index contributed by atoms with van der Waals surface area (Å²) in [6, 6.07) is 6.95. The fraction of sp³-hybridized carbons (Fsp3) is 0.267. The van der Waals surface area contributed by atoms with Gasteiger partial charge in [0.25, 0.3) is 5.69 Å². The van der Waals surface area contributed by atoms with Gasteiger partial charge in [0.2, 0.25) is 0 Å². The molecular weight excluding hydrogens is 270 g/mol. The number of aryl methyl sites for hydroxylation is 1. The average molecular weight is 287 g/mol. The molecule has 6 heteroatoms. The van der Waals surface area contributed by atoms with Crippen LogP contribution >= 0.6 is 0 Å². The van der Waals surface area contributed by atoms with Gasteiger partial charge in [-0.05, 0) is 25.5 Å². The Labute approximate surface area is 122 Å². The van der Waals surface area contributed by atoms with Crippen molar-refractivity contribution in [3.63, 3.8) is 0 Å². The van der Waals surface area contributed by atoms with Gasteiger partial charge in [0, 0.05) is 23.9 Å². The molecule has 1 aromatic carbocycles. The third-order valence-corrected chi connectivity index (χ3v) is 3.31. The number of rotatable bonds is 5. The first-order valence-electron chi connectivity index (χ1n) is 6.50. The van der Waals surface area contributed by atoms with Crippen molar-refractivity contribution in [2.45, 2.75) is 20.4 Å². The van der Waals surface area contributed by atoms with Gasteiger partial charge in [-0.15, -0.1) is 0 Å². The standard InChI is InChI=1S/C15H17N3O3/c1-10-7-13(15(21-3)9-16-10)17-8-12-5-4-6-14(11(12)2)18(19)20/h4-7,9H,8H2,1-3H3,(H,16,17). The molecule has 0 aliphatic rings. The number of nitro benzene ring substituents is 1. The van der Waals surface area contributed by atoms with Crippen LogP contribution in [0.1, 0.15) is 16.8 Å². The third kappa shape index (κ3) is 3.28. The summed E-state index contributed by atoms with van der Waals surface area (Å²) in [7, 11) is 1.58. The van der Waals surface area contributed by atoms with E-state index in [1.807, 2.05) is 19.1 Å². The molecule has 0 amide bonds. The van der Waals surface area contributed by atoms with Crippen molar-refractivity contribution in [3.8, 4) is 5.75 Å². The minimum Gasteiger partial charge on any atom is -0.493 e. The highest BCUT2D eigenvalue weighted by Gasteiger charge is 2.13. The monoisotopic (exact) mass is 287 g/mol. The summed E-state index contributed by atoms with van der Waals surface area (Å²) in [6.07, 6.45) is 1.65. The van der Waals surface area contributed by atoms with E-state index >= 15 is 0 Å². The van der Waals surface area contributed by atoms with Crippen molar-refractivity contribution in [2.75, 3.05) is 12.4 Å². The number of nitrogens with zero attached hydrogens (tertiary/aromatic N) is 2. The van der Waals surface area contributed by atoms with Gasteiger partial charge < -0.3 is 10.1 Å². The first-order chi connectivity index (χ1) is 10.0. The van der Waals surface area contributed by atoms with Crippen LogP contribution in [0.25, 0.3) is 0 Å². The molecular formula is C15H17N3O3. The Hall–Kier alpha value is -2.63. The molecule has 0 aliphatic heterocycles. The lowest BCUT2D eigenvalue weighted by atomic mass is 10.1. The lowest BCUT2D eigenvalue weighted by Crippen LogP contribution is -2.05. The molecule has 0 spiro atoms. The molecule has 1 N–H and O–H groups in total. The largest absolute Gasteiger partial charge is 0.493 e. The van der Waals surface area contributed by atoms with Crippen LogP contribution in [0.5, 0.6) is 5.75 Å². The Kier molecular flexibility index (Phi) is 4.37. The van der Waals surface area contributed by atoms with E-state index in [9.17, 15) is 10.1 Å². The van der Waals surface area contributed by atoms with Crippen LogP contribution in [0, 0.1) is 24.0 Å². The van der Waals surface area contributed by atoms with Gasteiger partial charge in [0.15, 0.2) is 5.75 Å². The molecule has 6 nitrogen and oxygen atoms in total. The molecule has 0 saturated heterocycles. The van der Waals surface area contributed by atoms with E-state index in [-0.39, 0.29) is 10.6 Å². The lowest BCUT2D eigenvalue weighted by molar-refractivity contribution is -0.385. The van der Waals surface area contributed by atoms with E-state index < -0.39 is 0 Å². The molecule has 0 aliphatic carbocycles. The van der Waals surface area contributed by atoms with Crippen molar-refractivity contribution in [2.24, 2.45) is 0 Å². The quantitative estimate of drug-likeness (QED) is 0.674. The van der Waals surface area contributed by atoms with E-state index in [1.165, 1.54) is 6.07 Å². The molecule has 2 aromatic rings. The van der Waals surface area contributed by atoms with Gasteiger partial charge in [0.05, 0.1) is 23.9 Å². The number of nitrogens with one attached hydrogen (secondary N) is 1. The number of anilines is 1. The fourth-order valence-corrected chi connectivity index (χ4v) is 2.10. The first-order valence-corrected chi connectivity index (χ1v) is 6.50. The predicted molar refractivity (Wildman–Crippen MR) is 80.7 cm³/mol. The summed E-state index contributed by atoms with van der Waals surface area (Å²) in [5.74, 6) is 0.642. The van der Waals surface area contributed by atoms with E-state index in [0.29, 0.717) is 17.9 Å².